The van der Waals surface area contributed by atoms with E-state index in [1.165, 1.54) is 0 Å². The van der Waals surface area contributed by atoms with Crippen LogP contribution in [0.15, 0.2) is 22.7 Å². The lowest BCUT2D eigenvalue weighted by molar-refractivity contribution is -0.384. The number of aldehydes is 1. The third-order valence-corrected chi connectivity index (χ3v) is 2.49. The van der Waals surface area contributed by atoms with E-state index >= 15 is 0 Å². The molecule has 0 aliphatic heterocycles. The van der Waals surface area contributed by atoms with Crippen molar-refractivity contribution in [2.24, 2.45) is 0 Å². The molecule has 8 heteroatoms. The molecule has 0 spiro atoms. The summed E-state index contributed by atoms with van der Waals surface area (Å²) in [5.74, 6) is -0.770. The number of rotatable bonds is 3. The highest BCUT2D eigenvalue weighted by molar-refractivity contribution is 6.31. The van der Waals surface area contributed by atoms with Crippen molar-refractivity contribution in [3.05, 3.63) is 44.9 Å². The third kappa shape index (κ3) is 1.95. The second kappa shape index (κ2) is 4.53. The van der Waals surface area contributed by atoms with Crippen molar-refractivity contribution in [2.75, 3.05) is 0 Å². The number of aromatic nitrogens is 1. The maximum Gasteiger partial charge on any atom is 0.270 e. The van der Waals surface area contributed by atoms with Gasteiger partial charge in [-0.2, -0.15) is 0 Å². The lowest BCUT2D eigenvalue weighted by Crippen LogP contribution is -1.93. The molecular weight excluding hydrogens is 267 g/mol. The summed E-state index contributed by atoms with van der Waals surface area (Å²) in [7, 11) is 0. The quantitative estimate of drug-likeness (QED) is 0.486. The zero-order valence-electron chi connectivity index (χ0n) is 8.59. The maximum atomic E-state index is 13.6. The standard InChI is InChI=1S/C10H4ClFN2O4/c11-10-7(4-15)9(13-18-10)6-3-5(14(16)17)1-2-8(6)12/h1-4H. The predicted octanol–water partition coefficient (Wildman–Crippen LogP) is 2.85. The van der Waals surface area contributed by atoms with E-state index in [1.54, 1.807) is 0 Å². The molecule has 92 valence electrons. The number of nitro groups is 1. The number of nitro benzene ring substituents is 1. The van der Waals surface area contributed by atoms with E-state index in [-0.39, 0.29) is 27.7 Å². The van der Waals surface area contributed by atoms with Crippen LogP contribution in [0.1, 0.15) is 10.4 Å². The summed E-state index contributed by atoms with van der Waals surface area (Å²) in [5, 5.41) is 13.7. The first-order chi connectivity index (χ1) is 8.54. The molecule has 1 aromatic carbocycles. The first-order valence-corrected chi connectivity index (χ1v) is 4.97. The van der Waals surface area contributed by atoms with Gasteiger partial charge in [-0.1, -0.05) is 5.16 Å². The van der Waals surface area contributed by atoms with Crippen molar-refractivity contribution in [3.8, 4) is 11.3 Å². The normalized spacial score (nSPS) is 10.3. The molecule has 18 heavy (non-hydrogen) atoms. The number of carbonyl (C=O) groups excluding carboxylic acids is 1. The molecule has 0 fully saturated rings. The molecule has 0 radical (unpaired) electrons. The van der Waals surface area contributed by atoms with Gasteiger partial charge in [-0.05, 0) is 17.7 Å². The van der Waals surface area contributed by atoms with E-state index in [9.17, 15) is 19.3 Å². The van der Waals surface area contributed by atoms with Gasteiger partial charge in [0.2, 0.25) is 5.22 Å². The van der Waals surface area contributed by atoms with Crippen LogP contribution in [0.3, 0.4) is 0 Å². The van der Waals surface area contributed by atoms with Crippen molar-refractivity contribution in [1.29, 1.82) is 0 Å². The molecule has 0 saturated carbocycles. The SMILES string of the molecule is O=Cc1c(-c2cc([N+](=O)[O-])ccc2F)noc1Cl. The number of nitrogens with zero attached hydrogens (tertiary/aromatic N) is 2. The summed E-state index contributed by atoms with van der Waals surface area (Å²) in [5.41, 5.74) is -0.878. The smallest absolute Gasteiger partial charge is 0.270 e. The van der Waals surface area contributed by atoms with E-state index < -0.39 is 10.7 Å². The molecule has 0 aliphatic carbocycles. The maximum absolute atomic E-state index is 13.6. The van der Waals surface area contributed by atoms with Crippen LogP contribution in [0.5, 0.6) is 0 Å². The van der Waals surface area contributed by atoms with Crippen LogP contribution in [0.2, 0.25) is 5.22 Å². The number of non-ortho nitro benzene ring substituents is 1. The number of hydrogen-bond donors (Lipinski definition) is 0. The molecule has 6 nitrogen and oxygen atoms in total. The molecule has 1 aromatic heterocycles. The molecular formula is C10H4ClFN2O4. The van der Waals surface area contributed by atoms with Crippen LogP contribution in [0, 0.1) is 15.9 Å². The van der Waals surface area contributed by atoms with Crippen LogP contribution in [-0.2, 0) is 0 Å². The second-order valence-electron chi connectivity index (χ2n) is 3.26. The molecule has 0 saturated heterocycles. The Bertz CT molecular complexity index is 641. The fraction of sp³-hybridized carbons (Fsp3) is 0. The number of carbonyl (C=O) groups is 1. The van der Waals surface area contributed by atoms with Crippen molar-refractivity contribution in [3.63, 3.8) is 0 Å². The fourth-order valence-corrected chi connectivity index (χ4v) is 1.55. The van der Waals surface area contributed by atoms with Gasteiger partial charge in [0.05, 0.1) is 4.92 Å². The highest BCUT2D eigenvalue weighted by Crippen LogP contribution is 2.31. The largest absolute Gasteiger partial charge is 0.343 e. The summed E-state index contributed by atoms with van der Waals surface area (Å²) < 4.78 is 18.1. The Morgan fingerprint density at radius 1 is 1.50 bits per heavy atom. The Kier molecular flexibility index (Phi) is 3.07. The molecule has 0 aliphatic rings. The fourth-order valence-electron chi connectivity index (χ4n) is 1.38. The Morgan fingerprint density at radius 3 is 2.83 bits per heavy atom. The zero-order valence-corrected chi connectivity index (χ0v) is 9.35. The van der Waals surface area contributed by atoms with Gasteiger partial charge in [-0.25, -0.2) is 4.39 Å². The van der Waals surface area contributed by atoms with Crippen LogP contribution in [-0.4, -0.2) is 16.4 Å². The van der Waals surface area contributed by atoms with Crippen LogP contribution >= 0.6 is 11.6 Å². The van der Waals surface area contributed by atoms with Gasteiger partial charge in [-0.15, -0.1) is 0 Å². The molecule has 0 amide bonds. The van der Waals surface area contributed by atoms with Gasteiger partial charge in [0, 0.05) is 17.7 Å². The third-order valence-electron chi connectivity index (χ3n) is 2.22. The summed E-state index contributed by atoms with van der Waals surface area (Å²) in [6.07, 6.45) is 0.340. The van der Waals surface area contributed by atoms with Crippen LogP contribution in [0.25, 0.3) is 11.3 Å². The number of hydrogen-bond acceptors (Lipinski definition) is 5. The Hall–Kier alpha value is -2.28. The van der Waals surface area contributed by atoms with Gasteiger partial charge in [-0.3, -0.25) is 14.9 Å². The molecule has 0 atom stereocenters. The molecule has 0 N–H and O–H groups in total. The molecule has 0 unspecified atom stereocenters. The van der Waals surface area contributed by atoms with Crippen molar-refractivity contribution >= 4 is 23.6 Å². The minimum Gasteiger partial charge on any atom is -0.343 e. The van der Waals surface area contributed by atoms with E-state index in [1.807, 2.05) is 0 Å². The minimum atomic E-state index is -0.770. The summed E-state index contributed by atoms with van der Waals surface area (Å²) in [4.78, 5) is 20.7. The Labute approximate surface area is 104 Å². The minimum absolute atomic E-state index is 0.156. The first-order valence-electron chi connectivity index (χ1n) is 4.59. The highest BCUT2D eigenvalue weighted by atomic mass is 35.5. The lowest BCUT2D eigenvalue weighted by Gasteiger charge is -1.99. The molecule has 2 aromatic rings. The van der Waals surface area contributed by atoms with Gasteiger partial charge in [0.1, 0.15) is 17.1 Å². The number of benzene rings is 1. The predicted molar refractivity (Wildman–Crippen MR) is 58.9 cm³/mol. The van der Waals surface area contributed by atoms with E-state index in [0.29, 0.717) is 6.29 Å². The van der Waals surface area contributed by atoms with Crippen LogP contribution < -0.4 is 0 Å². The Morgan fingerprint density at radius 2 is 2.22 bits per heavy atom. The van der Waals surface area contributed by atoms with Gasteiger partial charge >= 0.3 is 0 Å². The summed E-state index contributed by atoms with van der Waals surface area (Å²) in [6.45, 7) is 0. The van der Waals surface area contributed by atoms with Crippen LogP contribution in [0.4, 0.5) is 10.1 Å². The van der Waals surface area contributed by atoms with E-state index in [4.69, 9.17) is 11.6 Å². The first kappa shape index (κ1) is 12.2. The monoisotopic (exact) mass is 270 g/mol. The van der Waals surface area contributed by atoms with E-state index in [0.717, 1.165) is 18.2 Å². The highest BCUT2D eigenvalue weighted by Gasteiger charge is 2.21. The van der Waals surface area contributed by atoms with Gasteiger partial charge in [0.25, 0.3) is 5.69 Å². The summed E-state index contributed by atoms with van der Waals surface area (Å²) >= 11 is 5.53. The number of halogens is 2. The average molecular weight is 271 g/mol. The average Bonchev–Trinajstić information content (AvgIpc) is 2.70. The van der Waals surface area contributed by atoms with E-state index in [2.05, 4.69) is 9.68 Å². The molecule has 0 bridgehead atoms. The van der Waals surface area contributed by atoms with Crippen molar-refractivity contribution < 1.29 is 18.6 Å². The van der Waals surface area contributed by atoms with Gasteiger partial charge < -0.3 is 4.52 Å². The van der Waals surface area contributed by atoms with Crippen molar-refractivity contribution in [2.45, 2.75) is 0 Å². The lowest BCUT2D eigenvalue weighted by atomic mass is 10.1. The van der Waals surface area contributed by atoms with Crippen molar-refractivity contribution in [1.82, 2.24) is 5.16 Å². The van der Waals surface area contributed by atoms with Gasteiger partial charge in [0.15, 0.2) is 6.29 Å². The summed E-state index contributed by atoms with van der Waals surface area (Å²) in [6, 6.07) is 2.86. The Balaban J connectivity index is 2.66. The molecule has 2 rings (SSSR count). The zero-order chi connectivity index (χ0) is 13.3. The molecule has 1 heterocycles. The topological polar surface area (TPSA) is 86.2 Å². The second-order valence-corrected chi connectivity index (χ2v) is 3.60.